The summed E-state index contributed by atoms with van der Waals surface area (Å²) in [6.07, 6.45) is -2.04. The van der Waals surface area contributed by atoms with E-state index in [4.69, 9.17) is 4.74 Å². The highest BCUT2D eigenvalue weighted by Crippen LogP contribution is 2.53. The maximum absolute atomic E-state index is 15.4. The summed E-state index contributed by atoms with van der Waals surface area (Å²) in [4.78, 5) is 48.7. The first-order valence-electron chi connectivity index (χ1n) is 12.9. The number of nitrogens with zero attached hydrogens (tertiary/aromatic N) is 4. The number of rotatable bonds is 6. The third-order valence-corrected chi connectivity index (χ3v) is 8.00. The minimum absolute atomic E-state index is 0.142. The number of urea groups is 1. The van der Waals surface area contributed by atoms with Crippen molar-refractivity contribution < 1.29 is 45.5 Å². The van der Waals surface area contributed by atoms with E-state index in [0.717, 1.165) is 18.2 Å². The van der Waals surface area contributed by atoms with E-state index in [1.54, 1.807) is 0 Å². The molecule has 0 radical (unpaired) electrons. The monoisotopic (exact) mass is 605 g/mol. The fourth-order valence-corrected chi connectivity index (χ4v) is 5.68. The van der Waals surface area contributed by atoms with E-state index >= 15 is 8.78 Å². The Morgan fingerprint density at radius 3 is 2.28 bits per heavy atom. The van der Waals surface area contributed by atoms with Crippen LogP contribution in [0.15, 0.2) is 61.2 Å². The van der Waals surface area contributed by atoms with Gasteiger partial charge in [0, 0.05) is 30.1 Å². The van der Waals surface area contributed by atoms with Gasteiger partial charge in [-0.1, -0.05) is 24.3 Å². The lowest BCUT2D eigenvalue weighted by Crippen LogP contribution is -2.72. The smallest absolute Gasteiger partial charge is 0.376 e. The first kappa shape index (κ1) is 28.6. The van der Waals surface area contributed by atoms with Crippen molar-refractivity contribution in [3.63, 3.8) is 0 Å². The van der Waals surface area contributed by atoms with Gasteiger partial charge in [0.1, 0.15) is 18.7 Å². The van der Waals surface area contributed by atoms with Crippen LogP contribution >= 0.6 is 0 Å². The largest absolute Gasteiger partial charge is 0.416 e. The van der Waals surface area contributed by atoms with Crippen molar-refractivity contribution in [2.45, 2.75) is 36.1 Å². The van der Waals surface area contributed by atoms with Crippen molar-refractivity contribution in [3.05, 3.63) is 83.7 Å². The maximum atomic E-state index is 15.4. The van der Waals surface area contributed by atoms with E-state index in [2.05, 4.69) is 15.3 Å². The van der Waals surface area contributed by atoms with Crippen molar-refractivity contribution in [2.24, 2.45) is 0 Å². The average molecular weight is 605 g/mol. The second kappa shape index (κ2) is 9.76. The summed E-state index contributed by atoms with van der Waals surface area (Å²) in [6, 6.07) is 7.04. The van der Waals surface area contributed by atoms with Gasteiger partial charge in [-0.25, -0.2) is 27.9 Å². The predicted molar refractivity (Wildman–Crippen MR) is 134 cm³/mol. The quantitative estimate of drug-likeness (QED) is 0.338. The molecule has 1 aliphatic carbocycles. The van der Waals surface area contributed by atoms with Crippen LogP contribution in [0.5, 0.6) is 0 Å². The van der Waals surface area contributed by atoms with Crippen LogP contribution in [0.4, 0.5) is 31.1 Å². The molecule has 1 atom stereocenters. The number of amides is 4. The van der Waals surface area contributed by atoms with Gasteiger partial charge in [0.2, 0.25) is 5.91 Å². The van der Waals surface area contributed by atoms with Gasteiger partial charge in [-0.05, 0) is 34.9 Å². The zero-order chi connectivity index (χ0) is 30.8. The number of halogens is 6. The van der Waals surface area contributed by atoms with Crippen LogP contribution in [0.2, 0.25) is 0 Å². The summed E-state index contributed by atoms with van der Waals surface area (Å²) in [7, 11) is 0. The Labute approximate surface area is 239 Å². The van der Waals surface area contributed by atoms with Gasteiger partial charge in [0.05, 0.1) is 19.6 Å². The normalized spacial score (nSPS) is 21.9. The van der Waals surface area contributed by atoms with Crippen LogP contribution in [0.1, 0.15) is 23.1 Å². The second-order valence-corrected chi connectivity index (χ2v) is 10.6. The lowest BCUT2D eigenvalue weighted by molar-refractivity contribution is -0.302. The number of aromatic nitrogens is 2. The number of ether oxygens (including phenoxy) is 1. The number of imide groups is 1. The average Bonchev–Trinajstić information content (AvgIpc) is 3.30. The van der Waals surface area contributed by atoms with Crippen LogP contribution in [-0.4, -0.2) is 69.1 Å². The van der Waals surface area contributed by atoms with E-state index in [9.17, 15) is 31.9 Å². The highest BCUT2D eigenvalue weighted by Gasteiger charge is 2.67. The van der Waals surface area contributed by atoms with Crippen molar-refractivity contribution in [2.75, 3.05) is 19.8 Å². The molecule has 2 saturated heterocycles. The zero-order valence-corrected chi connectivity index (χ0v) is 22.0. The Kier molecular flexibility index (Phi) is 6.49. The van der Waals surface area contributed by atoms with Crippen LogP contribution in [0.25, 0.3) is 11.1 Å². The molecule has 3 aliphatic rings. The van der Waals surface area contributed by atoms with Gasteiger partial charge < -0.3 is 15.0 Å². The molecule has 224 valence electrons. The summed E-state index contributed by atoms with van der Waals surface area (Å²) in [5, 5.41) is 2.27. The molecule has 3 heterocycles. The molecule has 6 rings (SSSR count). The summed E-state index contributed by atoms with van der Waals surface area (Å²) < 4.78 is 91.8. The number of hydrogen-bond acceptors (Lipinski definition) is 6. The number of carbonyl (C=O) groups is 3. The Hall–Kier alpha value is -4.53. The molecule has 15 heteroatoms. The van der Waals surface area contributed by atoms with Gasteiger partial charge >= 0.3 is 12.2 Å². The Balaban J connectivity index is 1.31. The van der Waals surface area contributed by atoms with Crippen molar-refractivity contribution >= 4 is 17.8 Å². The van der Waals surface area contributed by atoms with Gasteiger partial charge in [-0.15, -0.1) is 0 Å². The molecule has 2 aromatic carbocycles. The van der Waals surface area contributed by atoms with E-state index in [1.807, 2.05) is 0 Å². The van der Waals surface area contributed by atoms with E-state index in [-0.39, 0.29) is 11.1 Å². The van der Waals surface area contributed by atoms with Gasteiger partial charge in [-0.3, -0.25) is 14.5 Å². The first-order valence-corrected chi connectivity index (χ1v) is 12.9. The number of carbonyl (C=O) groups excluding carboxylic acids is 3. The molecule has 0 unspecified atom stereocenters. The predicted octanol–water partition coefficient (Wildman–Crippen LogP) is 3.89. The molecular weight excluding hydrogens is 584 g/mol. The Bertz CT molecular complexity index is 1610. The first-order chi connectivity index (χ1) is 20.3. The van der Waals surface area contributed by atoms with Crippen molar-refractivity contribution in [1.82, 2.24) is 25.1 Å². The number of nitrogens with one attached hydrogen (secondary N) is 1. The third-order valence-electron chi connectivity index (χ3n) is 8.00. The molecule has 2 fully saturated rings. The highest BCUT2D eigenvalue weighted by atomic mass is 19.4. The van der Waals surface area contributed by atoms with Crippen LogP contribution < -0.4 is 5.32 Å². The molecule has 43 heavy (non-hydrogen) atoms. The summed E-state index contributed by atoms with van der Waals surface area (Å²) in [5.41, 5.74) is -4.86. The van der Waals surface area contributed by atoms with Crippen LogP contribution in [0.3, 0.4) is 0 Å². The van der Waals surface area contributed by atoms with Crippen molar-refractivity contribution in [1.29, 1.82) is 0 Å². The molecule has 0 bridgehead atoms. The van der Waals surface area contributed by atoms with E-state index in [1.165, 1.54) is 43.0 Å². The fraction of sp³-hybridized carbons (Fsp3) is 0.321. The number of alkyl halides is 5. The minimum Gasteiger partial charge on any atom is -0.376 e. The van der Waals surface area contributed by atoms with Crippen molar-refractivity contribution in [3.8, 4) is 11.1 Å². The molecule has 3 aromatic rings. The molecule has 2 aliphatic heterocycles. The van der Waals surface area contributed by atoms with E-state index in [0.29, 0.717) is 20.9 Å². The molecular formula is C28H21F6N5O4. The number of hydrogen-bond donors (Lipinski definition) is 1. The Morgan fingerprint density at radius 2 is 1.67 bits per heavy atom. The molecule has 1 spiro atoms. The lowest BCUT2D eigenvalue weighted by atomic mass is 9.90. The maximum Gasteiger partial charge on any atom is 0.416 e. The van der Waals surface area contributed by atoms with E-state index < -0.39 is 85.1 Å². The van der Waals surface area contributed by atoms with Gasteiger partial charge in [0.25, 0.3) is 11.8 Å². The van der Waals surface area contributed by atoms with Gasteiger partial charge in [0.15, 0.2) is 11.1 Å². The molecule has 1 N–H and O–H groups in total. The fourth-order valence-electron chi connectivity index (χ4n) is 5.68. The zero-order valence-electron chi connectivity index (χ0n) is 22.0. The second-order valence-electron chi connectivity index (χ2n) is 10.6. The molecule has 1 aromatic heterocycles. The van der Waals surface area contributed by atoms with Crippen LogP contribution in [0, 0.1) is 5.82 Å². The SMILES string of the molecule is O=C1N[C@]2(CC(F)(F)c3cc(-c4cncnc4)ccc32)C(=O)N1CC(=O)N(Cc1ccc(F)cc1)C1(C(F)(F)F)COC1. The highest BCUT2D eigenvalue weighted by molar-refractivity contribution is 6.10. The third kappa shape index (κ3) is 4.49. The summed E-state index contributed by atoms with van der Waals surface area (Å²) >= 11 is 0. The molecule has 9 nitrogen and oxygen atoms in total. The summed E-state index contributed by atoms with van der Waals surface area (Å²) in [5.74, 6) is -6.72. The topological polar surface area (TPSA) is 105 Å². The standard InChI is InChI=1S/C28H21F6N5O4/c29-19-4-1-16(2-5-19)10-39(25(13-43-14-25)28(32,33)34)22(40)11-38-23(41)26(37-24(38)42)12-27(30,31)21-7-17(3-6-20(21)26)18-8-35-15-36-9-18/h1-9,15H,10-14H2,(H,37,42)/t26-/m0/s1. The molecule has 4 amide bonds. The lowest BCUT2D eigenvalue weighted by Gasteiger charge is -2.50. The van der Waals surface area contributed by atoms with Crippen LogP contribution in [-0.2, 0) is 32.3 Å². The summed E-state index contributed by atoms with van der Waals surface area (Å²) in [6.45, 7) is -3.61. The number of benzene rings is 2. The molecule has 0 saturated carbocycles. The number of fused-ring (bicyclic) bond motifs is 2. The minimum atomic E-state index is -4.96. The Morgan fingerprint density at radius 1 is 1.00 bits per heavy atom. The van der Waals surface area contributed by atoms with Gasteiger partial charge in [-0.2, -0.15) is 13.2 Å².